The predicted molar refractivity (Wildman–Crippen MR) is 72.8 cm³/mol. The van der Waals surface area contributed by atoms with Crippen LogP contribution in [0.5, 0.6) is 11.5 Å². The molecule has 0 aromatic heterocycles. The molecule has 0 saturated heterocycles. The highest BCUT2D eigenvalue weighted by Crippen LogP contribution is 2.31. The number of methoxy groups -OCH3 is 2. The van der Waals surface area contributed by atoms with Crippen LogP contribution in [0.3, 0.4) is 0 Å². The standard InChI is InChI=1S/C14H20F3NO3/c1-18-12(6-7-21-9-14(15,16)17)11-5-4-10(19-2)8-13(11)20-3/h4-5,8,12,18H,6-7,9H2,1-3H3. The maximum absolute atomic E-state index is 12.0. The van der Waals surface area contributed by atoms with Gasteiger partial charge in [-0.15, -0.1) is 0 Å². The minimum atomic E-state index is -4.30. The summed E-state index contributed by atoms with van der Waals surface area (Å²) >= 11 is 0. The molecule has 7 heteroatoms. The number of hydrogen-bond donors (Lipinski definition) is 1. The van der Waals surface area contributed by atoms with Crippen LogP contribution >= 0.6 is 0 Å². The largest absolute Gasteiger partial charge is 0.497 e. The van der Waals surface area contributed by atoms with Crippen LogP contribution in [0.4, 0.5) is 13.2 Å². The number of benzene rings is 1. The summed E-state index contributed by atoms with van der Waals surface area (Å²) in [6.45, 7) is -1.23. The van der Waals surface area contributed by atoms with Crippen molar-refractivity contribution < 1.29 is 27.4 Å². The smallest absolute Gasteiger partial charge is 0.411 e. The molecule has 0 radical (unpaired) electrons. The molecular formula is C14H20F3NO3. The number of alkyl halides is 3. The molecule has 0 aliphatic carbocycles. The molecule has 1 N–H and O–H groups in total. The van der Waals surface area contributed by atoms with E-state index < -0.39 is 12.8 Å². The van der Waals surface area contributed by atoms with Crippen molar-refractivity contribution in [2.24, 2.45) is 0 Å². The van der Waals surface area contributed by atoms with Gasteiger partial charge in [0, 0.05) is 24.3 Å². The second-order valence-corrected chi connectivity index (χ2v) is 4.41. The van der Waals surface area contributed by atoms with Gasteiger partial charge in [-0.25, -0.2) is 0 Å². The van der Waals surface area contributed by atoms with Gasteiger partial charge in [-0.3, -0.25) is 0 Å². The maximum Gasteiger partial charge on any atom is 0.411 e. The Labute approximate surface area is 122 Å². The lowest BCUT2D eigenvalue weighted by Crippen LogP contribution is -2.22. The first-order valence-corrected chi connectivity index (χ1v) is 6.45. The highest BCUT2D eigenvalue weighted by atomic mass is 19.4. The van der Waals surface area contributed by atoms with Crippen LogP contribution in [0, 0.1) is 0 Å². The Bertz CT molecular complexity index is 438. The van der Waals surface area contributed by atoms with Crippen LogP contribution in [-0.4, -0.2) is 40.7 Å². The maximum atomic E-state index is 12.0. The van der Waals surface area contributed by atoms with E-state index in [0.717, 1.165) is 5.56 Å². The molecule has 0 aliphatic heterocycles. The highest BCUT2D eigenvalue weighted by molar-refractivity contribution is 5.42. The van der Waals surface area contributed by atoms with E-state index in [2.05, 4.69) is 10.1 Å². The Morgan fingerprint density at radius 3 is 2.43 bits per heavy atom. The zero-order valence-electron chi connectivity index (χ0n) is 12.3. The number of halogens is 3. The molecule has 0 heterocycles. The molecule has 0 spiro atoms. The third-order valence-corrected chi connectivity index (χ3v) is 2.98. The van der Waals surface area contributed by atoms with Crippen molar-refractivity contribution in [3.8, 4) is 11.5 Å². The van der Waals surface area contributed by atoms with Gasteiger partial charge in [0.1, 0.15) is 18.1 Å². The summed E-state index contributed by atoms with van der Waals surface area (Å²) < 4.78 is 51.1. The van der Waals surface area contributed by atoms with Crippen LogP contribution in [0.1, 0.15) is 18.0 Å². The second-order valence-electron chi connectivity index (χ2n) is 4.41. The predicted octanol–water partition coefficient (Wildman–Crippen LogP) is 2.93. The van der Waals surface area contributed by atoms with Gasteiger partial charge in [0.05, 0.1) is 14.2 Å². The summed E-state index contributed by atoms with van der Waals surface area (Å²) in [5.74, 6) is 1.27. The number of hydrogen-bond acceptors (Lipinski definition) is 4. The quantitative estimate of drug-likeness (QED) is 0.750. The van der Waals surface area contributed by atoms with Crippen LogP contribution in [-0.2, 0) is 4.74 Å². The summed E-state index contributed by atoms with van der Waals surface area (Å²) in [7, 11) is 4.82. The molecule has 4 nitrogen and oxygen atoms in total. The molecule has 0 fully saturated rings. The molecule has 21 heavy (non-hydrogen) atoms. The van der Waals surface area contributed by atoms with Gasteiger partial charge < -0.3 is 19.5 Å². The summed E-state index contributed by atoms with van der Waals surface area (Å²) in [5.41, 5.74) is 0.844. The fourth-order valence-corrected chi connectivity index (χ4v) is 1.95. The van der Waals surface area contributed by atoms with Crippen molar-refractivity contribution in [2.45, 2.75) is 18.6 Å². The molecule has 0 bridgehead atoms. The lowest BCUT2D eigenvalue weighted by molar-refractivity contribution is -0.174. The van der Waals surface area contributed by atoms with Crippen molar-refractivity contribution >= 4 is 0 Å². The van der Waals surface area contributed by atoms with Crippen LogP contribution < -0.4 is 14.8 Å². The molecule has 1 rings (SSSR count). The number of nitrogens with one attached hydrogen (secondary N) is 1. The van der Waals surface area contributed by atoms with E-state index in [1.807, 2.05) is 6.07 Å². The molecule has 1 atom stereocenters. The number of rotatable bonds is 8. The average molecular weight is 307 g/mol. The highest BCUT2D eigenvalue weighted by Gasteiger charge is 2.27. The first-order valence-electron chi connectivity index (χ1n) is 6.45. The Balaban J connectivity index is 2.67. The van der Waals surface area contributed by atoms with Gasteiger partial charge in [0.15, 0.2) is 0 Å². The zero-order valence-corrected chi connectivity index (χ0v) is 12.3. The molecule has 1 aromatic carbocycles. The van der Waals surface area contributed by atoms with Crippen molar-refractivity contribution in [1.29, 1.82) is 0 Å². The van der Waals surface area contributed by atoms with Crippen molar-refractivity contribution in [3.05, 3.63) is 23.8 Å². The molecule has 1 aromatic rings. The first-order chi connectivity index (χ1) is 9.91. The molecule has 0 amide bonds. The normalized spacial score (nSPS) is 13.0. The van der Waals surface area contributed by atoms with Crippen molar-refractivity contribution in [2.75, 3.05) is 34.5 Å². The monoisotopic (exact) mass is 307 g/mol. The molecular weight excluding hydrogens is 287 g/mol. The van der Waals surface area contributed by atoms with Gasteiger partial charge in [-0.2, -0.15) is 13.2 Å². The summed E-state index contributed by atoms with van der Waals surface area (Å²) in [4.78, 5) is 0. The Hall–Kier alpha value is -1.47. The Morgan fingerprint density at radius 1 is 1.19 bits per heavy atom. The Kier molecular flexibility index (Phi) is 6.77. The third-order valence-electron chi connectivity index (χ3n) is 2.98. The molecule has 0 saturated carbocycles. The van der Waals surface area contributed by atoms with E-state index in [0.29, 0.717) is 17.9 Å². The average Bonchev–Trinajstić information content (AvgIpc) is 2.46. The van der Waals surface area contributed by atoms with Crippen molar-refractivity contribution in [3.63, 3.8) is 0 Å². The van der Waals surface area contributed by atoms with Gasteiger partial charge in [0.2, 0.25) is 0 Å². The van der Waals surface area contributed by atoms with Crippen LogP contribution in [0.2, 0.25) is 0 Å². The summed E-state index contributed by atoms with van der Waals surface area (Å²) in [6, 6.07) is 5.16. The van der Waals surface area contributed by atoms with Gasteiger partial charge in [-0.05, 0) is 19.5 Å². The van der Waals surface area contributed by atoms with Gasteiger partial charge in [0.25, 0.3) is 0 Å². The van der Waals surface area contributed by atoms with E-state index >= 15 is 0 Å². The molecule has 1 unspecified atom stereocenters. The van der Waals surface area contributed by atoms with E-state index in [1.54, 1.807) is 26.3 Å². The zero-order chi connectivity index (χ0) is 15.9. The SMILES string of the molecule is CNC(CCOCC(F)(F)F)c1ccc(OC)cc1OC. The van der Waals surface area contributed by atoms with E-state index in [4.69, 9.17) is 9.47 Å². The minimum absolute atomic E-state index is 0.000199. The number of ether oxygens (including phenoxy) is 3. The van der Waals surface area contributed by atoms with Crippen molar-refractivity contribution in [1.82, 2.24) is 5.32 Å². The summed E-state index contributed by atoms with van der Waals surface area (Å²) in [6.07, 6.45) is -3.90. The van der Waals surface area contributed by atoms with Gasteiger partial charge in [-0.1, -0.05) is 6.07 Å². The van der Waals surface area contributed by atoms with Gasteiger partial charge >= 0.3 is 6.18 Å². The Morgan fingerprint density at radius 2 is 1.90 bits per heavy atom. The van der Waals surface area contributed by atoms with Crippen LogP contribution in [0.25, 0.3) is 0 Å². The van der Waals surface area contributed by atoms with E-state index in [-0.39, 0.29) is 12.6 Å². The first kappa shape index (κ1) is 17.6. The topological polar surface area (TPSA) is 39.7 Å². The summed E-state index contributed by atoms with van der Waals surface area (Å²) in [5, 5.41) is 3.05. The van der Waals surface area contributed by atoms with E-state index in [1.165, 1.54) is 7.11 Å². The fraction of sp³-hybridized carbons (Fsp3) is 0.571. The van der Waals surface area contributed by atoms with E-state index in [9.17, 15) is 13.2 Å². The lowest BCUT2D eigenvalue weighted by atomic mass is 10.0. The third kappa shape index (κ3) is 5.81. The fourth-order valence-electron chi connectivity index (χ4n) is 1.95. The van der Waals surface area contributed by atoms with Crippen LogP contribution in [0.15, 0.2) is 18.2 Å². The molecule has 120 valence electrons. The lowest BCUT2D eigenvalue weighted by Gasteiger charge is -2.20. The second kappa shape index (κ2) is 8.09. The minimum Gasteiger partial charge on any atom is -0.497 e. The molecule has 0 aliphatic rings.